The van der Waals surface area contributed by atoms with Crippen LogP contribution in [0.5, 0.6) is 0 Å². The molecule has 0 unspecified atom stereocenters. The summed E-state index contributed by atoms with van der Waals surface area (Å²) in [7, 11) is 1.61. The number of likely N-dealkylation sites (tertiary alicyclic amines) is 1. The molecule has 152 valence electrons. The Morgan fingerprint density at radius 3 is 2.52 bits per heavy atom. The Balaban J connectivity index is 1.56. The predicted molar refractivity (Wildman–Crippen MR) is 115 cm³/mol. The van der Waals surface area contributed by atoms with Gasteiger partial charge in [-0.1, -0.05) is 24.3 Å². The number of amides is 3. The van der Waals surface area contributed by atoms with Gasteiger partial charge < -0.3 is 15.1 Å². The van der Waals surface area contributed by atoms with Crippen molar-refractivity contribution in [3.63, 3.8) is 0 Å². The van der Waals surface area contributed by atoms with Gasteiger partial charge in [0.05, 0.1) is 12.2 Å². The smallest absolute Gasteiger partial charge is 0.254 e. The first-order valence-electron chi connectivity index (χ1n) is 9.53. The fourth-order valence-electron chi connectivity index (χ4n) is 3.29. The monoisotopic (exact) mass is 411 g/mol. The van der Waals surface area contributed by atoms with Crippen LogP contribution in [0.15, 0.2) is 53.4 Å². The molecule has 0 saturated carbocycles. The van der Waals surface area contributed by atoms with E-state index in [4.69, 9.17) is 0 Å². The van der Waals surface area contributed by atoms with Crippen molar-refractivity contribution in [2.45, 2.75) is 24.3 Å². The van der Waals surface area contributed by atoms with Crippen LogP contribution in [0.2, 0.25) is 0 Å². The number of benzene rings is 2. The van der Waals surface area contributed by atoms with E-state index in [0.29, 0.717) is 18.5 Å². The van der Waals surface area contributed by atoms with E-state index in [2.05, 4.69) is 5.32 Å². The van der Waals surface area contributed by atoms with E-state index >= 15 is 0 Å². The summed E-state index contributed by atoms with van der Waals surface area (Å²) in [6, 6.07) is 14.8. The van der Waals surface area contributed by atoms with Crippen LogP contribution in [0.1, 0.15) is 28.8 Å². The molecule has 0 atom stereocenters. The highest BCUT2D eigenvalue weighted by molar-refractivity contribution is 7.98. The minimum atomic E-state index is -0.244. The zero-order chi connectivity index (χ0) is 20.8. The summed E-state index contributed by atoms with van der Waals surface area (Å²) in [4.78, 5) is 40.9. The Kier molecular flexibility index (Phi) is 6.93. The van der Waals surface area contributed by atoms with Crippen molar-refractivity contribution < 1.29 is 14.4 Å². The number of likely N-dealkylation sites (N-methyl/N-ethyl adjacent to an activating group) is 1. The molecule has 2 aromatic carbocycles. The van der Waals surface area contributed by atoms with Gasteiger partial charge in [-0.2, -0.15) is 0 Å². The quantitative estimate of drug-likeness (QED) is 0.710. The first kappa shape index (κ1) is 20.9. The molecule has 3 rings (SSSR count). The van der Waals surface area contributed by atoms with Gasteiger partial charge in [-0.3, -0.25) is 14.4 Å². The van der Waals surface area contributed by atoms with Gasteiger partial charge in [-0.05, 0) is 42.5 Å². The van der Waals surface area contributed by atoms with Crippen LogP contribution in [0.3, 0.4) is 0 Å². The van der Waals surface area contributed by atoms with Crippen molar-refractivity contribution in [3.05, 3.63) is 59.7 Å². The maximum Gasteiger partial charge on any atom is 0.254 e. The molecule has 0 spiro atoms. The van der Waals surface area contributed by atoms with Gasteiger partial charge in [-0.25, -0.2) is 0 Å². The maximum absolute atomic E-state index is 12.6. The molecular formula is C22H25N3O3S. The number of carbonyl (C=O) groups is 3. The summed E-state index contributed by atoms with van der Waals surface area (Å²) in [6.45, 7) is 1.32. The molecule has 0 bridgehead atoms. The standard InChI is InChI=1S/C22H25N3O3S/c1-24(15-20(26)23-18-6-3-4-7-19(18)29-2)22(28)17-11-9-16(10-12-17)14-25-13-5-8-21(25)27/h3-4,6-7,9-12H,5,8,13-15H2,1-2H3,(H,23,26). The van der Waals surface area contributed by atoms with Crippen LogP contribution in [0.4, 0.5) is 5.69 Å². The summed E-state index contributed by atoms with van der Waals surface area (Å²) in [5.74, 6) is -0.285. The van der Waals surface area contributed by atoms with Crippen molar-refractivity contribution in [2.75, 3.05) is 31.7 Å². The number of nitrogens with zero attached hydrogens (tertiary/aromatic N) is 2. The van der Waals surface area contributed by atoms with E-state index in [-0.39, 0.29) is 24.3 Å². The molecule has 1 N–H and O–H groups in total. The predicted octanol–water partition coefficient (Wildman–Crippen LogP) is 3.24. The SMILES string of the molecule is CSc1ccccc1NC(=O)CN(C)C(=O)c1ccc(CN2CCCC2=O)cc1. The Hall–Kier alpha value is -2.80. The van der Waals surface area contributed by atoms with Crippen LogP contribution in [-0.2, 0) is 16.1 Å². The highest BCUT2D eigenvalue weighted by Crippen LogP contribution is 2.24. The molecular weight excluding hydrogens is 386 g/mol. The van der Waals surface area contributed by atoms with Crippen LogP contribution in [0.25, 0.3) is 0 Å². The van der Waals surface area contributed by atoms with E-state index in [0.717, 1.165) is 29.1 Å². The highest BCUT2D eigenvalue weighted by atomic mass is 32.2. The van der Waals surface area contributed by atoms with Crippen LogP contribution in [0, 0.1) is 0 Å². The van der Waals surface area contributed by atoms with Crippen LogP contribution >= 0.6 is 11.8 Å². The first-order valence-corrected chi connectivity index (χ1v) is 10.8. The molecule has 1 aliphatic rings. The lowest BCUT2D eigenvalue weighted by Gasteiger charge is -2.18. The fraction of sp³-hybridized carbons (Fsp3) is 0.318. The highest BCUT2D eigenvalue weighted by Gasteiger charge is 2.20. The molecule has 1 fully saturated rings. The number of hydrogen-bond donors (Lipinski definition) is 1. The third kappa shape index (κ3) is 5.38. The number of hydrogen-bond acceptors (Lipinski definition) is 4. The van der Waals surface area contributed by atoms with Gasteiger partial charge in [-0.15, -0.1) is 11.8 Å². The number of anilines is 1. The fourth-order valence-corrected chi connectivity index (χ4v) is 3.84. The molecule has 6 nitrogen and oxygen atoms in total. The number of nitrogens with one attached hydrogen (secondary N) is 1. The van der Waals surface area contributed by atoms with Gasteiger partial charge in [0.15, 0.2) is 0 Å². The largest absolute Gasteiger partial charge is 0.338 e. The minimum absolute atomic E-state index is 0.0361. The Labute approximate surface area is 175 Å². The third-order valence-electron chi connectivity index (χ3n) is 4.85. The van der Waals surface area contributed by atoms with Crippen molar-refractivity contribution in [1.29, 1.82) is 0 Å². The first-order chi connectivity index (χ1) is 14.0. The molecule has 1 saturated heterocycles. The second-order valence-corrected chi connectivity index (χ2v) is 7.87. The maximum atomic E-state index is 12.6. The summed E-state index contributed by atoms with van der Waals surface area (Å²) < 4.78 is 0. The second kappa shape index (κ2) is 9.60. The molecule has 1 heterocycles. The van der Waals surface area contributed by atoms with Crippen LogP contribution < -0.4 is 5.32 Å². The molecule has 0 aromatic heterocycles. The Morgan fingerprint density at radius 2 is 1.86 bits per heavy atom. The van der Waals surface area contributed by atoms with Gasteiger partial charge in [0.1, 0.15) is 0 Å². The van der Waals surface area contributed by atoms with E-state index in [1.807, 2.05) is 47.6 Å². The number of carbonyl (C=O) groups excluding carboxylic acids is 3. The van der Waals surface area contributed by atoms with Crippen molar-refractivity contribution >= 4 is 35.2 Å². The van der Waals surface area contributed by atoms with Gasteiger partial charge in [0, 0.05) is 37.0 Å². The van der Waals surface area contributed by atoms with Crippen molar-refractivity contribution in [2.24, 2.45) is 0 Å². The zero-order valence-electron chi connectivity index (χ0n) is 16.7. The second-order valence-electron chi connectivity index (χ2n) is 7.03. The lowest BCUT2D eigenvalue weighted by atomic mass is 10.1. The van der Waals surface area contributed by atoms with Gasteiger partial charge in [0.2, 0.25) is 11.8 Å². The Bertz CT molecular complexity index is 898. The number of thioether (sulfide) groups is 1. The normalized spacial score (nSPS) is 13.4. The summed E-state index contributed by atoms with van der Waals surface area (Å²) in [5, 5.41) is 2.86. The lowest BCUT2D eigenvalue weighted by Crippen LogP contribution is -2.35. The lowest BCUT2D eigenvalue weighted by molar-refractivity contribution is -0.128. The molecule has 3 amide bonds. The molecule has 0 radical (unpaired) electrons. The summed E-state index contributed by atoms with van der Waals surface area (Å²) in [5.41, 5.74) is 2.25. The average molecular weight is 412 g/mol. The molecule has 7 heteroatoms. The van der Waals surface area contributed by atoms with Crippen molar-refractivity contribution in [3.8, 4) is 0 Å². The summed E-state index contributed by atoms with van der Waals surface area (Å²) >= 11 is 1.55. The van der Waals surface area contributed by atoms with Gasteiger partial charge in [0.25, 0.3) is 5.91 Å². The molecule has 29 heavy (non-hydrogen) atoms. The zero-order valence-corrected chi connectivity index (χ0v) is 17.5. The summed E-state index contributed by atoms with van der Waals surface area (Å²) in [6.07, 6.45) is 3.47. The van der Waals surface area contributed by atoms with E-state index < -0.39 is 0 Å². The topological polar surface area (TPSA) is 69.7 Å². The van der Waals surface area contributed by atoms with E-state index in [1.165, 1.54) is 4.90 Å². The molecule has 2 aromatic rings. The average Bonchev–Trinajstić information content (AvgIpc) is 3.12. The molecule has 0 aliphatic carbocycles. The Morgan fingerprint density at radius 1 is 1.14 bits per heavy atom. The van der Waals surface area contributed by atoms with Crippen molar-refractivity contribution in [1.82, 2.24) is 9.80 Å². The molecule has 1 aliphatic heterocycles. The van der Waals surface area contributed by atoms with Crippen LogP contribution in [-0.4, -0.2) is 53.9 Å². The third-order valence-corrected chi connectivity index (χ3v) is 5.65. The number of rotatable bonds is 7. The van der Waals surface area contributed by atoms with E-state index in [1.54, 1.807) is 30.9 Å². The van der Waals surface area contributed by atoms with Gasteiger partial charge >= 0.3 is 0 Å². The minimum Gasteiger partial charge on any atom is -0.338 e. The number of para-hydroxylation sites is 1. The van der Waals surface area contributed by atoms with E-state index in [9.17, 15) is 14.4 Å².